The van der Waals surface area contributed by atoms with Crippen molar-refractivity contribution in [2.75, 3.05) is 12.8 Å². The van der Waals surface area contributed by atoms with Crippen LogP contribution in [0, 0.1) is 0 Å². The number of fused-ring (bicyclic) bond motifs is 1. The van der Waals surface area contributed by atoms with E-state index >= 15 is 0 Å². The second-order valence-corrected chi connectivity index (χ2v) is 5.98. The molecule has 0 aliphatic heterocycles. The van der Waals surface area contributed by atoms with Crippen LogP contribution in [0.25, 0.3) is 33.5 Å². The SMILES string of the molecule is COc1cc(-c2cc(C(=O)O)c3c(-c4ccccc4)[nH]nc3n2)ccc1N. The van der Waals surface area contributed by atoms with Gasteiger partial charge in [0.05, 0.1) is 35.1 Å². The Balaban J connectivity index is 1.95. The van der Waals surface area contributed by atoms with E-state index < -0.39 is 5.97 Å². The van der Waals surface area contributed by atoms with Gasteiger partial charge in [-0.25, -0.2) is 9.78 Å². The van der Waals surface area contributed by atoms with Gasteiger partial charge < -0.3 is 15.6 Å². The Morgan fingerprint density at radius 1 is 1.11 bits per heavy atom. The quantitative estimate of drug-likeness (QED) is 0.479. The molecule has 2 heterocycles. The highest BCUT2D eigenvalue weighted by Crippen LogP contribution is 2.33. The monoisotopic (exact) mass is 360 g/mol. The molecule has 4 rings (SSSR count). The summed E-state index contributed by atoms with van der Waals surface area (Å²) in [6.45, 7) is 0. The van der Waals surface area contributed by atoms with E-state index in [1.165, 1.54) is 13.2 Å². The number of benzene rings is 2. The molecule has 7 nitrogen and oxygen atoms in total. The number of pyridine rings is 1. The first-order chi connectivity index (χ1) is 13.1. The highest BCUT2D eigenvalue weighted by molar-refractivity contribution is 6.08. The van der Waals surface area contributed by atoms with Crippen LogP contribution in [0.3, 0.4) is 0 Å². The Morgan fingerprint density at radius 3 is 2.59 bits per heavy atom. The smallest absolute Gasteiger partial charge is 0.336 e. The number of aromatic nitrogens is 3. The zero-order valence-electron chi connectivity index (χ0n) is 14.4. The molecule has 7 heteroatoms. The molecule has 0 saturated heterocycles. The number of carboxylic acid groups (broad SMARTS) is 1. The third kappa shape index (κ3) is 2.85. The number of H-pyrrole nitrogens is 1. The highest BCUT2D eigenvalue weighted by atomic mass is 16.5. The maximum absolute atomic E-state index is 11.9. The molecule has 4 N–H and O–H groups in total. The maximum Gasteiger partial charge on any atom is 0.336 e. The molecule has 0 saturated carbocycles. The van der Waals surface area contributed by atoms with Crippen LogP contribution in [-0.4, -0.2) is 33.4 Å². The minimum Gasteiger partial charge on any atom is -0.495 e. The molecule has 0 bridgehead atoms. The van der Waals surface area contributed by atoms with E-state index in [9.17, 15) is 9.90 Å². The maximum atomic E-state index is 11.9. The van der Waals surface area contributed by atoms with Gasteiger partial charge in [0.1, 0.15) is 5.75 Å². The highest BCUT2D eigenvalue weighted by Gasteiger charge is 2.20. The minimum absolute atomic E-state index is 0.124. The topological polar surface area (TPSA) is 114 Å². The first-order valence-corrected chi connectivity index (χ1v) is 8.20. The summed E-state index contributed by atoms with van der Waals surface area (Å²) in [5, 5.41) is 17.4. The van der Waals surface area contributed by atoms with Crippen LogP contribution < -0.4 is 10.5 Å². The van der Waals surface area contributed by atoms with Gasteiger partial charge in [0.15, 0.2) is 5.65 Å². The van der Waals surface area contributed by atoms with E-state index in [1.54, 1.807) is 18.2 Å². The van der Waals surface area contributed by atoms with Crippen LogP contribution in [0.2, 0.25) is 0 Å². The van der Waals surface area contributed by atoms with Crippen molar-refractivity contribution in [3.05, 3.63) is 60.2 Å². The summed E-state index contributed by atoms with van der Waals surface area (Å²) >= 11 is 0. The Hall–Kier alpha value is -3.87. The van der Waals surface area contributed by atoms with Crippen molar-refractivity contribution in [1.29, 1.82) is 0 Å². The van der Waals surface area contributed by atoms with Crippen molar-refractivity contribution < 1.29 is 14.6 Å². The number of nitrogens with zero attached hydrogens (tertiary/aromatic N) is 2. The number of carbonyl (C=O) groups is 1. The van der Waals surface area contributed by atoms with Gasteiger partial charge in [-0.05, 0) is 18.2 Å². The standard InChI is InChI=1S/C20H16N4O3/c1-27-16-9-12(7-8-14(16)21)15-10-13(20(25)26)17-18(23-24-19(17)22-15)11-5-3-2-4-6-11/h2-10H,21H2,1H3,(H,25,26)(H,22,23,24). The first kappa shape index (κ1) is 16.6. The van der Waals surface area contributed by atoms with Crippen molar-refractivity contribution in [3.8, 4) is 28.3 Å². The molecule has 0 radical (unpaired) electrons. The molecule has 4 aromatic rings. The molecule has 0 aliphatic carbocycles. The number of carboxylic acids is 1. The van der Waals surface area contributed by atoms with Crippen molar-refractivity contribution in [1.82, 2.24) is 15.2 Å². The molecule has 27 heavy (non-hydrogen) atoms. The molecule has 134 valence electrons. The molecule has 2 aromatic carbocycles. The number of hydrogen-bond donors (Lipinski definition) is 3. The normalized spacial score (nSPS) is 10.9. The summed E-state index contributed by atoms with van der Waals surface area (Å²) in [5.74, 6) is -0.553. The fourth-order valence-electron chi connectivity index (χ4n) is 3.02. The Bertz CT molecular complexity index is 1150. The van der Waals surface area contributed by atoms with Crippen LogP contribution in [0.15, 0.2) is 54.6 Å². The van der Waals surface area contributed by atoms with Gasteiger partial charge in [0.2, 0.25) is 0 Å². The number of aromatic amines is 1. The summed E-state index contributed by atoms with van der Waals surface area (Å²) in [6, 6.07) is 16.1. The van der Waals surface area contributed by atoms with Gasteiger partial charge >= 0.3 is 5.97 Å². The molecule has 0 aliphatic rings. The average Bonchev–Trinajstić information content (AvgIpc) is 3.12. The lowest BCUT2D eigenvalue weighted by Crippen LogP contribution is -2.00. The molecule has 0 spiro atoms. The number of nitrogen functional groups attached to an aromatic ring is 1. The van der Waals surface area contributed by atoms with Crippen LogP contribution in [0.4, 0.5) is 5.69 Å². The summed E-state index contributed by atoms with van der Waals surface area (Å²) in [5.41, 5.74) is 9.43. The van der Waals surface area contributed by atoms with Gasteiger partial charge in [-0.1, -0.05) is 36.4 Å². The summed E-state index contributed by atoms with van der Waals surface area (Å²) in [4.78, 5) is 16.5. The van der Waals surface area contributed by atoms with Gasteiger partial charge in [0, 0.05) is 11.1 Å². The van der Waals surface area contributed by atoms with E-state index in [4.69, 9.17) is 10.5 Å². The molecule has 2 aromatic heterocycles. The van der Waals surface area contributed by atoms with Crippen LogP contribution in [-0.2, 0) is 0 Å². The van der Waals surface area contributed by atoms with Crippen LogP contribution in [0.1, 0.15) is 10.4 Å². The number of methoxy groups -OCH3 is 1. The number of rotatable bonds is 4. The van der Waals surface area contributed by atoms with E-state index in [1.807, 2.05) is 30.3 Å². The molecule has 0 unspecified atom stereocenters. The number of hydrogen-bond acceptors (Lipinski definition) is 5. The molecular formula is C20H16N4O3. The van der Waals surface area contributed by atoms with Crippen molar-refractivity contribution in [2.45, 2.75) is 0 Å². The Kier molecular flexibility index (Phi) is 3.97. The number of ether oxygens (including phenoxy) is 1. The third-order valence-corrected chi connectivity index (χ3v) is 4.35. The third-order valence-electron chi connectivity index (χ3n) is 4.35. The number of anilines is 1. The van der Waals surface area contributed by atoms with Gasteiger partial charge in [-0.2, -0.15) is 5.10 Å². The summed E-state index contributed by atoms with van der Waals surface area (Å²) in [7, 11) is 1.52. The number of nitrogens with one attached hydrogen (secondary N) is 1. The lowest BCUT2D eigenvalue weighted by molar-refractivity contribution is 0.0699. The predicted octanol–water partition coefficient (Wildman–Crippen LogP) is 3.58. The van der Waals surface area contributed by atoms with Crippen molar-refractivity contribution in [3.63, 3.8) is 0 Å². The second-order valence-electron chi connectivity index (χ2n) is 5.98. The first-order valence-electron chi connectivity index (χ1n) is 8.20. The Labute approximate surface area is 154 Å². The van der Waals surface area contributed by atoms with Gasteiger partial charge in [-0.15, -0.1) is 0 Å². The van der Waals surface area contributed by atoms with E-state index in [2.05, 4.69) is 15.2 Å². The molecule has 0 fully saturated rings. The molecule has 0 atom stereocenters. The minimum atomic E-state index is -1.05. The van der Waals surface area contributed by atoms with E-state index in [0.29, 0.717) is 39.4 Å². The molecular weight excluding hydrogens is 344 g/mol. The van der Waals surface area contributed by atoms with Crippen molar-refractivity contribution in [2.24, 2.45) is 0 Å². The van der Waals surface area contributed by atoms with E-state index in [0.717, 1.165) is 5.56 Å². The lowest BCUT2D eigenvalue weighted by Gasteiger charge is -2.09. The number of aromatic carboxylic acids is 1. The predicted molar refractivity (Wildman–Crippen MR) is 103 cm³/mol. The summed E-state index contributed by atoms with van der Waals surface area (Å²) in [6.07, 6.45) is 0. The summed E-state index contributed by atoms with van der Waals surface area (Å²) < 4.78 is 5.24. The fraction of sp³-hybridized carbons (Fsp3) is 0.0500. The average molecular weight is 360 g/mol. The van der Waals surface area contributed by atoms with Gasteiger partial charge in [0.25, 0.3) is 0 Å². The van der Waals surface area contributed by atoms with Gasteiger partial charge in [-0.3, -0.25) is 5.10 Å². The Morgan fingerprint density at radius 2 is 1.89 bits per heavy atom. The number of nitrogens with two attached hydrogens (primary N) is 1. The van der Waals surface area contributed by atoms with Crippen LogP contribution >= 0.6 is 0 Å². The lowest BCUT2D eigenvalue weighted by atomic mass is 10.0. The largest absolute Gasteiger partial charge is 0.495 e. The van der Waals surface area contributed by atoms with Crippen LogP contribution in [0.5, 0.6) is 5.75 Å². The zero-order valence-corrected chi connectivity index (χ0v) is 14.4. The molecule has 0 amide bonds. The van der Waals surface area contributed by atoms with E-state index in [-0.39, 0.29) is 5.56 Å². The van der Waals surface area contributed by atoms with Crippen molar-refractivity contribution >= 4 is 22.7 Å². The fourth-order valence-corrected chi connectivity index (χ4v) is 3.02. The second kappa shape index (κ2) is 6.45. The zero-order chi connectivity index (χ0) is 19.0.